The van der Waals surface area contributed by atoms with Gasteiger partial charge in [0.1, 0.15) is 0 Å². The van der Waals surface area contributed by atoms with Crippen LogP contribution in [-0.2, 0) is 11.2 Å². The Balaban J connectivity index is 1.55. The molecule has 2 aromatic carbocycles. The second-order valence-corrected chi connectivity index (χ2v) is 6.57. The van der Waals surface area contributed by atoms with Crippen molar-refractivity contribution in [2.75, 3.05) is 18.1 Å². The van der Waals surface area contributed by atoms with E-state index in [1.165, 1.54) is 5.56 Å². The third-order valence-corrected chi connectivity index (χ3v) is 4.46. The quantitative estimate of drug-likeness (QED) is 0.478. The standard InChI is InChI=1S/C23H24N4O/c1-25-15-20-14-19(11-12-22(20)24)18-9-7-17(8-10-18)4-2-6-23(28)27-21-5-3-13-26-16-21/h3,5,7-16H,2,4,6,24H2,1H3,(H,27,28). The fourth-order valence-corrected chi connectivity index (χ4v) is 2.98. The van der Waals surface area contributed by atoms with Gasteiger partial charge in [-0.3, -0.25) is 14.8 Å². The van der Waals surface area contributed by atoms with E-state index in [2.05, 4.69) is 39.6 Å². The number of nitrogen functional groups attached to an aromatic ring is 1. The third-order valence-electron chi connectivity index (χ3n) is 4.46. The van der Waals surface area contributed by atoms with Gasteiger partial charge in [-0.05, 0) is 53.8 Å². The molecule has 0 radical (unpaired) electrons. The number of aliphatic imine (C=N–C) groups is 1. The van der Waals surface area contributed by atoms with Crippen molar-refractivity contribution in [2.24, 2.45) is 4.99 Å². The van der Waals surface area contributed by atoms with Gasteiger partial charge in [0.15, 0.2) is 0 Å². The summed E-state index contributed by atoms with van der Waals surface area (Å²) < 4.78 is 0. The zero-order valence-electron chi connectivity index (χ0n) is 15.9. The number of amides is 1. The SMILES string of the molecule is CN=Cc1cc(-c2ccc(CCCC(=O)Nc3cccnc3)cc2)ccc1N. The van der Waals surface area contributed by atoms with Crippen LogP contribution in [0.1, 0.15) is 24.0 Å². The van der Waals surface area contributed by atoms with Gasteiger partial charge in [0, 0.05) is 37.1 Å². The molecule has 0 spiro atoms. The van der Waals surface area contributed by atoms with Crippen LogP contribution in [0.3, 0.4) is 0 Å². The molecular weight excluding hydrogens is 348 g/mol. The number of aromatic nitrogens is 1. The summed E-state index contributed by atoms with van der Waals surface area (Å²) in [5, 5.41) is 2.86. The molecule has 142 valence electrons. The highest BCUT2D eigenvalue weighted by molar-refractivity contribution is 5.90. The summed E-state index contributed by atoms with van der Waals surface area (Å²) in [6.07, 6.45) is 7.23. The summed E-state index contributed by atoms with van der Waals surface area (Å²) in [4.78, 5) is 20.0. The molecule has 0 aliphatic carbocycles. The normalized spacial score (nSPS) is 10.9. The minimum Gasteiger partial charge on any atom is -0.398 e. The van der Waals surface area contributed by atoms with Crippen molar-refractivity contribution >= 4 is 23.5 Å². The Labute approximate surface area is 165 Å². The lowest BCUT2D eigenvalue weighted by Gasteiger charge is -2.08. The Morgan fingerprint density at radius 1 is 1.14 bits per heavy atom. The van der Waals surface area contributed by atoms with Crippen LogP contribution in [0.25, 0.3) is 11.1 Å². The topological polar surface area (TPSA) is 80.4 Å². The average Bonchev–Trinajstić information content (AvgIpc) is 2.71. The molecule has 0 saturated carbocycles. The molecule has 1 aromatic heterocycles. The van der Waals surface area contributed by atoms with E-state index in [9.17, 15) is 4.79 Å². The number of carbonyl (C=O) groups excluding carboxylic acids is 1. The molecule has 1 heterocycles. The second-order valence-electron chi connectivity index (χ2n) is 6.57. The van der Waals surface area contributed by atoms with Crippen molar-refractivity contribution in [3.05, 3.63) is 78.1 Å². The number of nitrogens with two attached hydrogens (primary N) is 1. The molecule has 5 nitrogen and oxygen atoms in total. The highest BCUT2D eigenvalue weighted by Crippen LogP contribution is 2.24. The molecule has 3 N–H and O–H groups in total. The van der Waals surface area contributed by atoms with Gasteiger partial charge >= 0.3 is 0 Å². The van der Waals surface area contributed by atoms with E-state index in [1.54, 1.807) is 31.7 Å². The molecule has 0 bridgehead atoms. The summed E-state index contributed by atoms with van der Waals surface area (Å²) >= 11 is 0. The van der Waals surface area contributed by atoms with Crippen LogP contribution in [0.4, 0.5) is 11.4 Å². The number of pyridine rings is 1. The van der Waals surface area contributed by atoms with E-state index in [-0.39, 0.29) is 5.91 Å². The van der Waals surface area contributed by atoms with Gasteiger partial charge in [-0.2, -0.15) is 0 Å². The smallest absolute Gasteiger partial charge is 0.224 e. The number of carbonyl (C=O) groups is 1. The number of anilines is 2. The molecule has 28 heavy (non-hydrogen) atoms. The van der Waals surface area contributed by atoms with Crippen LogP contribution in [0.5, 0.6) is 0 Å². The zero-order chi connectivity index (χ0) is 19.8. The minimum absolute atomic E-state index is 0.0108. The van der Waals surface area contributed by atoms with E-state index >= 15 is 0 Å². The minimum atomic E-state index is 0.0108. The summed E-state index contributed by atoms with van der Waals surface area (Å²) in [6, 6.07) is 18.0. The molecule has 3 rings (SSSR count). The monoisotopic (exact) mass is 372 g/mol. The Kier molecular flexibility index (Phi) is 6.52. The van der Waals surface area contributed by atoms with Crippen LogP contribution >= 0.6 is 0 Å². The Bertz CT molecular complexity index is 950. The summed E-state index contributed by atoms with van der Waals surface area (Å²) in [5.41, 5.74) is 11.8. The van der Waals surface area contributed by atoms with Crippen LogP contribution in [-0.4, -0.2) is 24.2 Å². The van der Waals surface area contributed by atoms with Crippen molar-refractivity contribution in [1.29, 1.82) is 0 Å². The van der Waals surface area contributed by atoms with Crippen molar-refractivity contribution in [3.63, 3.8) is 0 Å². The van der Waals surface area contributed by atoms with Crippen molar-refractivity contribution in [3.8, 4) is 11.1 Å². The van der Waals surface area contributed by atoms with Crippen LogP contribution in [0.15, 0.2) is 72.0 Å². The molecule has 0 atom stereocenters. The van der Waals surface area contributed by atoms with Crippen LogP contribution in [0.2, 0.25) is 0 Å². The third kappa shape index (κ3) is 5.27. The average molecular weight is 372 g/mol. The highest BCUT2D eigenvalue weighted by atomic mass is 16.1. The maximum absolute atomic E-state index is 12.0. The zero-order valence-corrected chi connectivity index (χ0v) is 15.9. The number of benzene rings is 2. The molecule has 0 saturated heterocycles. The number of hydrogen-bond donors (Lipinski definition) is 2. The lowest BCUT2D eigenvalue weighted by Crippen LogP contribution is -2.11. The molecule has 0 aliphatic rings. The van der Waals surface area contributed by atoms with E-state index in [4.69, 9.17) is 5.73 Å². The molecule has 5 heteroatoms. The lowest BCUT2D eigenvalue weighted by atomic mass is 9.99. The van der Waals surface area contributed by atoms with E-state index in [1.807, 2.05) is 24.3 Å². The first-order valence-electron chi connectivity index (χ1n) is 9.26. The van der Waals surface area contributed by atoms with Gasteiger partial charge in [-0.25, -0.2) is 0 Å². The van der Waals surface area contributed by atoms with Gasteiger partial charge in [-0.15, -0.1) is 0 Å². The van der Waals surface area contributed by atoms with Gasteiger partial charge < -0.3 is 11.1 Å². The van der Waals surface area contributed by atoms with Crippen molar-refractivity contribution in [1.82, 2.24) is 4.98 Å². The molecule has 3 aromatic rings. The highest BCUT2D eigenvalue weighted by Gasteiger charge is 2.05. The van der Waals surface area contributed by atoms with Gasteiger partial charge in [0.05, 0.1) is 11.9 Å². The number of nitrogens with zero attached hydrogens (tertiary/aromatic N) is 2. The predicted molar refractivity (Wildman–Crippen MR) is 116 cm³/mol. The van der Waals surface area contributed by atoms with Crippen molar-refractivity contribution < 1.29 is 4.79 Å². The molecular formula is C23H24N4O. The van der Waals surface area contributed by atoms with E-state index in [0.717, 1.165) is 40.9 Å². The maximum atomic E-state index is 12.0. The summed E-state index contributed by atoms with van der Waals surface area (Å²) in [5.74, 6) is 0.0108. The summed E-state index contributed by atoms with van der Waals surface area (Å²) in [7, 11) is 1.73. The van der Waals surface area contributed by atoms with Gasteiger partial charge in [-0.1, -0.05) is 30.3 Å². The fraction of sp³-hybridized carbons (Fsp3) is 0.174. The van der Waals surface area contributed by atoms with Crippen molar-refractivity contribution in [2.45, 2.75) is 19.3 Å². The first kappa shape index (κ1) is 19.3. The Hall–Kier alpha value is -3.47. The number of aryl methyl sites for hydroxylation is 1. The predicted octanol–water partition coefficient (Wildman–Crippen LogP) is 4.34. The molecule has 0 fully saturated rings. The van der Waals surface area contributed by atoms with Crippen LogP contribution in [0, 0.1) is 0 Å². The van der Waals surface area contributed by atoms with Gasteiger partial charge in [0.2, 0.25) is 5.91 Å². The largest absolute Gasteiger partial charge is 0.398 e. The fourth-order valence-electron chi connectivity index (χ4n) is 2.98. The number of nitrogens with one attached hydrogen (secondary N) is 1. The Morgan fingerprint density at radius 3 is 2.64 bits per heavy atom. The molecule has 0 unspecified atom stereocenters. The summed E-state index contributed by atoms with van der Waals surface area (Å²) in [6.45, 7) is 0. The number of rotatable bonds is 7. The first-order chi connectivity index (χ1) is 13.7. The van der Waals surface area contributed by atoms with Crippen LogP contribution < -0.4 is 11.1 Å². The van der Waals surface area contributed by atoms with E-state index < -0.39 is 0 Å². The van der Waals surface area contributed by atoms with E-state index in [0.29, 0.717) is 6.42 Å². The number of hydrogen-bond acceptors (Lipinski definition) is 4. The maximum Gasteiger partial charge on any atom is 0.224 e. The first-order valence-corrected chi connectivity index (χ1v) is 9.26. The molecule has 1 amide bonds. The second kappa shape index (κ2) is 9.46. The van der Waals surface area contributed by atoms with Gasteiger partial charge in [0.25, 0.3) is 0 Å². The molecule has 0 aliphatic heterocycles. The Morgan fingerprint density at radius 2 is 1.93 bits per heavy atom. The lowest BCUT2D eigenvalue weighted by molar-refractivity contribution is -0.116.